The zero-order valence-corrected chi connectivity index (χ0v) is 12.3. The minimum Gasteiger partial charge on any atom is -0.493 e. The summed E-state index contributed by atoms with van der Waals surface area (Å²) in [4.78, 5) is 0. The van der Waals surface area contributed by atoms with Crippen LogP contribution in [0.4, 0.5) is 0 Å². The van der Waals surface area contributed by atoms with Crippen molar-refractivity contribution in [2.24, 2.45) is 5.73 Å². The van der Waals surface area contributed by atoms with Gasteiger partial charge in [0.25, 0.3) is 0 Å². The molecule has 2 aliphatic rings. The van der Waals surface area contributed by atoms with E-state index in [2.05, 4.69) is 18.2 Å². The molecule has 0 spiro atoms. The number of rotatable bonds is 2. The van der Waals surface area contributed by atoms with E-state index in [1.807, 2.05) is 6.92 Å². The second-order valence-corrected chi connectivity index (χ2v) is 6.76. The van der Waals surface area contributed by atoms with Crippen LogP contribution in [0.3, 0.4) is 0 Å². The molecule has 1 aromatic rings. The lowest BCUT2D eigenvalue weighted by Crippen LogP contribution is -2.44. The van der Waals surface area contributed by atoms with Crippen LogP contribution >= 0.6 is 0 Å². The van der Waals surface area contributed by atoms with Gasteiger partial charge in [0, 0.05) is 12.0 Å². The topological polar surface area (TPSA) is 55.5 Å². The Kier molecular flexibility index (Phi) is 3.51. The summed E-state index contributed by atoms with van der Waals surface area (Å²) in [6, 6.07) is 6.58. The first-order chi connectivity index (χ1) is 9.55. The Labute approximate surface area is 121 Å². The predicted molar refractivity (Wildman–Crippen MR) is 80.1 cm³/mol. The number of hydrogen-bond acceptors (Lipinski definition) is 3. The van der Waals surface area contributed by atoms with Crippen molar-refractivity contribution in [1.29, 1.82) is 0 Å². The van der Waals surface area contributed by atoms with Crippen LogP contribution in [-0.2, 0) is 11.8 Å². The molecular weight excluding hydrogens is 250 g/mol. The molecule has 3 rings (SSSR count). The lowest BCUT2D eigenvalue weighted by Gasteiger charge is -2.43. The molecule has 1 aliphatic heterocycles. The number of fused-ring (bicyclic) bond motifs is 1. The summed E-state index contributed by atoms with van der Waals surface area (Å²) in [6.07, 6.45) is 5.80. The average Bonchev–Trinajstić information content (AvgIpc) is 2.47. The Hall–Kier alpha value is -1.06. The number of ether oxygens (including phenoxy) is 1. The predicted octanol–water partition coefficient (Wildman–Crippen LogP) is 2.53. The third kappa shape index (κ3) is 2.45. The van der Waals surface area contributed by atoms with Crippen LogP contribution in [0.5, 0.6) is 5.75 Å². The molecule has 110 valence electrons. The third-order valence-corrected chi connectivity index (χ3v) is 5.20. The zero-order valence-electron chi connectivity index (χ0n) is 12.3. The maximum absolute atomic E-state index is 10.2. The van der Waals surface area contributed by atoms with Gasteiger partial charge < -0.3 is 15.6 Å². The molecule has 1 aliphatic carbocycles. The van der Waals surface area contributed by atoms with Crippen LogP contribution in [0.1, 0.15) is 50.2 Å². The molecule has 1 heterocycles. The molecule has 0 aromatic heterocycles. The highest BCUT2D eigenvalue weighted by Crippen LogP contribution is 2.43. The van der Waals surface area contributed by atoms with Gasteiger partial charge in [-0.2, -0.15) is 0 Å². The summed E-state index contributed by atoms with van der Waals surface area (Å²) in [5, 5.41) is 10.2. The van der Waals surface area contributed by atoms with Crippen molar-refractivity contribution >= 4 is 0 Å². The third-order valence-electron chi connectivity index (χ3n) is 5.20. The second-order valence-electron chi connectivity index (χ2n) is 6.76. The normalized spacial score (nSPS) is 33.4. The van der Waals surface area contributed by atoms with E-state index in [4.69, 9.17) is 10.5 Å². The summed E-state index contributed by atoms with van der Waals surface area (Å²) in [7, 11) is 0. The number of aliphatic hydroxyl groups is 1. The van der Waals surface area contributed by atoms with E-state index in [-0.39, 0.29) is 5.41 Å². The summed E-state index contributed by atoms with van der Waals surface area (Å²) in [5.74, 6) is 1.04. The number of nitrogens with two attached hydrogens (primary N) is 1. The van der Waals surface area contributed by atoms with Crippen molar-refractivity contribution in [3.8, 4) is 5.75 Å². The monoisotopic (exact) mass is 275 g/mol. The molecule has 0 unspecified atom stereocenters. The molecule has 1 aromatic carbocycles. The fraction of sp³-hybridized carbons (Fsp3) is 0.647. The van der Waals surface area contributed by atoms with Crippen LogP contribution in [0.25, 0.3) is 0 Å². The molecular formula is C17H25NO2. The van der Waals surface area contributed by atoms with Crippen LogP contribution in [0, 0.1) is 0 Å². The first-order valence-corrected chi connectivity index (χ1v) is 7.73. The van der Waals surface area contributed by atoms with Crippen molar-refractivity contribution in [2.45, 2.75) is 56.5 Å². The maximum atomic E-state index is 10.2. The number of benzene rings is 1. The maximum Gasteiger partial charge on any atom is 0.122 e. The SMILES string of the molecule is C[C@]1(O)CC[C@@](CN)(c2ccc3c(c2)CCCO3)CC1. The van der Waals surface area contributed by atoms with E-state index < -0.39 is 5.60 Å². The van der Waals surface area contributed by atoms with Gasteiger partial charge in [0.1, 0.15) is 5.75 Å². The Balaban J connectivity index is 1.90. The standard InChI is InChI=1S/C17H25NO2/c1-16(19)6-8-17(12-18,9-7-16)14-4-5-15-13(11-14)3-2-10-20-15/h4-5,11,19H,2-3,6-10,12,18H2,1H3/t16-,17+. The molecule has 3 heteroatoms. The Morgan fingerprint density at radius 2 is 2.00 bits per heavy atom. The molecule has 3 N–H and O–H groups in total. The largest absolute Gasteiger partial charge is 0.493 e. The van der Waals surface area contributed by atoms with Gasteiger partial charge in [-0.15, -0.1) is 0 Å². The van der Waals surface area contributed by atoms with Crippen molar-refractivity contribution in [3.63, 3.8) is 0 Å². The Bertz CT molecular complexity index is 486. The van der Waals surface area contributed by atoms with Crippen molar-refractivity contribution < 1.29 is 9.84 Å². The minimum absolute atomic E-state index is 0.0364. The summed E-state index contributed by atoms with van der Waals surface area (Å²) < 4.78 is 5.69. The minimum atomic E-state index is -0.518. The number of aryl methyl sites for hydroxylation is 1. The molecule has 3 nitrogen and oxygen atoms in total. The van der Waals surface area contributed by atoms with Gasteiger partial charge in [-0.3, -0.25) is 0 Å². The van der Waals surface area contributed by atoms with E-state index in [9.17, 15) is 5.11 Å². The highest BCUT2D eigenvalue weighted by molar-refractivity contribution is 5.42. The lowest BCUT2D eigenvalue weighted by molar-refractivity contribution is 0.00141. The molecule has 0 atom stereocenters. The van der Waals surface area contributed by atoms with E-state index in [1.54, 1.807) is 0 Å². The van der Waals surface area contributed by atoms with Gasteiger partial charge in [-0.25, -0.2) is 0 Å². The average molecular weight is 275 g/mol. The van der Waals surface area contributed by atoms with E-state index in [0.717, 1.165) is 50.9 Å². The van der Waals surface area contributed by atoms with Crippen LogP contribution < -0.4 is 10.5 Å². The van der Waals surface area contributed by atoms with E-state index in [1.165, 1.54) is 11.1 Å². The molecule has 1 saturated carbocycles. The summed E-state index contributed by atoms with van der Waals surface area (Å²) in [6.45, 7) is 3.42. The van der Waals surface area contributed by atoms with Gasteiger partial charge in [0.05, 0.1) is 12.2 Å². The van der Waals surface area contributed by atoms with Crippen molar-refractivity contribution in [1.82, 2.24) is 0 Å². The molecule has 0 amide bonds. The number of hydrogen-bond donors (Lipinski definition) is 2. The van der Waals surface area contributed by atoms with Gasteiger partial charge >= 0.3 is 0 Å². The van der Waals surface area contributed by atoms with Crippen LogP contribution in [0.15, 0.2) is 18.2 Å². The van der Waals surface area contributed by atoms with Crippen molar-refractivity contribution in [3.05, 3.63) is 29.3 Å². The Morgan fingerprint density at radius 1 is 1.25 bits per heavy atom. The fourth-order valence-corrected chi connectivity index (χ4v) is 3.57. The highest BCUT2D eigenvalue weighted by Gasteiger charge is 2.40. The Morgan fingerprint density at radius 3 is 2.70 bits per heavy atom. The second kappa shape index (κ2) is 5.05. The van der Waals surface area contributed by atoms with Gasteiger partial charge in [-0.05, 0) is 62.6 Å². The summed E-state index contributed by atoms with van der Waals surface area (Å²) >= 11 is 0. The van der Waals surface area contributed by atoms with E-state index >= 15 is 0 Å². The zero-order chi connectivity index (χ0) is 14.2. The van der Waals surface area contributed by atoms with E-state index in [0.29, 0.717) is 6.54 Å². The van der Waals surface area contributed by atoms with Crippen molar-refractivity contribution in [2.75, 3.05) is 13.2 Å². The molecule has 1 fully saturated rings. The van der Waals surface area contributed by atoms with Gasteiger partial charge in [0.2, 0.25) is 0 Å². The molecule has 0 bridgehead atoms. The van der Waals surface area contributed by atoms with Crippen LogP contribution in [0.2, 0.25) is 0 Å². The smallest absolute Gasteiger partial charge is 0.122 e. The quantitative estimate of drug-likeness (QED) is 0.872. The van der Waals surface area contributed by atoms with Gasteiger partial charge in [0.15, 0.2) is 0 Å². The molecule has 0 saturated heterocycles. The van der Waals surface area contributed by atoms with Gasteiger partial charge in [-0.1, -0.05) is 12.1 Å². The molecule has 20 heavy (non-hydrogen) atoms. The summed E-state index contributed by atoms with van der Waals surface area (Å²) in [5.41, 5.74) is 8.29. The first kappa shape index (κ1) is 13.9. The lowest BCUT2D eigenvalue weighted by atomic mass is 9.65. The fourth-order valence-electron chi connectivity index (χ4n) is 3.57. The highest BCUT2D eigenvalue weighted by atomic mass is 16.5. The van der Waals surface area contributed by atoms with Crippen LogP contribution in [-0.4, -0.2) is 23.9 Å². The first-order valence-electron chi connectivity index (χ1n) is 7.73. The molecule has 0 radical (unpaired) electrons.